The lowest BCUT2D eigenvalue weighted by Gasteiger charge is -2.11. The van der Waals surface area contributed by atoms with Crippen LogP contribution in [0, 0.1) is 6.92 Å². The number of rotatable bonds is 2. The van der Waals surface area contributed by atoms with Crippen LogP contribution in [-0.2, 0) is 5.41 Å². The topological polar surface area (TPSA) is 26.0 Å². The van der Waals surface area contributed by atoms with E-state index in [0.29, 0.717) is 0 Å². The molecule has 2 nitrogen and oxygen atoms in total. The van der Waals surface area contributed by atoms with Crippen molar-refractivity contribution < 1.29 is 4.42 Å². The van der Waals surface area contributed by atoms with Crippen molar-refractivity contribution >= 4 is 6.08 Å². The summed E-state index contributed by atoms with van der Waals surface area (Å²) in [6.07, 6.45) is 5.45. The Labute approximate surface area is 85.4 Å². The zero-order valence-corrected chi connectivity index (χ0v) is 9.29. The third-order valence-electron chi connectivity index (χ3n) is 1.86. The maximum Gasteiger partial charge on any atom is 0.200 e. The fraction of sp³-hybridized carbons (Fsp3) is 0.417. The van der Waals surface area contributed by atoms with E-state index in [1.807, 2.05) is 19.1 Å². The molecule has 0 N–H and O–H groups in total. The molecule has 0 amide bonds. The number of hydrogen-bond acceptors (Lipinski definition) is 2. The molecule has 0 bridgehead atoms. The zero-order chi connectivity index (χ0) is 10.8. The van der Waals surface area contributed by atoms with Crippen LogP contribution in [0.5, 0.6) is 0 Å². The lowest BCUT2D eigenvalue weighted by atomic mass is 9.97. The average molecular weight is 191 g/mol. The Morgan fingerprint density at radius 3 is 2.43 bits per heavy atom. The second-order valence-electron chi connectivity index (χ2n) is 4.31. The molecule has 0 spiro atoms. The quantitative estimate of drug-likeness (QED) is 0.669. The number of aryl methyl sites for hydroxylation is 1. The molecule has 1 aromatic heterocycles. The molecule has 0 unspecified atom stereocenters. The molecule has 1 heterocycles. The minimum absolute atomic E-state index is 0.0367. The van der Waals surface area contributed by atoms with Crippen LogP contribution in [0.3, 0.4) is 0 Å². The molecule has 0 aliphatic heterocycles. The molecule has 0 aliphatic carbocycles. The molecular weight excluding hydrogens is 174 g/mol. The standard InChI is InChI=1S/C12H17NO/c1-6-7-8-10-9(2)13-11(14-10)12(3,4)5/h6-8H,1H2,2-5H3/b8-7-. The van der Waals surface area contributed by atoms with E-state index < -0.39 is 0 Å². The largest absolute Gasteiger partial charge is 0.441 e. The highest BCUT2D eigenvalue weighted by atomic mass is 16.4. The highest BCUT2D eigenvalue weighted by Gasteiger charge is 2.21. The summed E-state index contributed by atoms with van der Waals surface area (Å²) in [7, 11) is 0. The average Bonchev–Trinajstić information content (AvgIpc) is 2.43. The van der Waals surface area contributed by atoms with Crippen molar-refractivity contribution in [2.75, 3.05) is 0 Å². The fourth-order valence-corrected chi connectivity index (χ4v) is 1.04. The van der Waals surface area contributed by atoms with E-state index in [1.54, 1.807) is 6.08 Å². The molecule has 0 saturated carbocycles. The molecule has 0 atom stereocenters. The van der Waals surface area contributed by atoms with Crippen molar-refractivity contribution in [3.05, 3.63) is 36.1 Å². The summed E-state index contributed by atoms with van der Waals surface area (Å²) in [6.45, 7) is 11.8. The Morgan fingerprint density at radius 1 is 1.36 bits per heavy atom. The highest BCUT2D eigenvalue weighted by Crippen LogP contribution is 2.24. The van der Waals surface area contributed by atoms with Crippen LogP contribution in [0.4, 0.5) is 0 Å². The van der Waals surface area contributed by atoms with Crippen molar-refractivity contribution in [3.8, 4) is 0 Å². The SMILES string of the molecule is C=C/C=C\c1oc(C(C)(C)C)nc1C. The molecule has 0 saturated heterocycles. The van der Waals surface area contributed by atoms with Gasteiger partial charge in [-0.25, -0.2) is 4.98 Å². The summed E-state index contributed by atoms with van der Waals surface area (Å²) in [5.41, 5.74) is 0.887. The van der Waals surface area contributed by atoms with Crippen molar-refractivity contribution in [1.29, 1.82) is 0 Å². The van der Waals surface area contributed by atoms with Gasteiger partial charge in [0.15, 0.2) is 0 Å². The van der Waals surface area contributed by atoms with Crippen molar-refractivity contribution in [3.63, 3.8) is 0 Å². The van der Waals surface area contributed by atoms with Crippen molar-refractivity contribution in [2.45, 2.75) is 33.1 Å². The molecule has 1 aromatic rings. The Hall–Kier alpha value is -1.31. The summed E-state index contributed by atoms with van der Waals surface area (Å²) < 4.78 is 5.64. The van der Waals surface area contributed by atoms with Gasteiger partial charge in [0.1, 0.15) is 5.76 Å². The number of allylic oxidation sites excluding steroid dienone is 2. The number of hydrogen-bond donors (Lipinski definition) is 0. The van der Waals surface area contributed by atoms with Crippen molar-refractivity contribution in [1.82, 2.24) is 4.98 Å². The Bertz CT molecular complexity index is 353. The predicted molar refractivity (Wildman–Crippen MR) is 59.2 cm³/mol. The molecule has 0 fully saturated rings. The van der Waals surface area contributed by atoms with Gasteiger partial charge < -0.3 is 4.42 Å². The van der Waals surface area contributed by atoms with E-state index in [9.17, 15) is 0 Å². The molecule has 0 aromatic carbocycles. The second-order valence-corrected chi connectivity index (χ2v) is 4.31. The van der Waals surface area contributed by atoms with Gasteiger partial charge in [-0.3, -0.25) is 0 Å². The zero-order valence-electron chi connectivity index (χ0n) is 9.29. The summed E-state index contributed by atoms with van der Waals surface area (Å²) in [5, 5.41) is 0. The molecule has 0 aliphatic rings. The van der Waals surface area contributed by atoms with Crippen LogP contribution < -0.4 is 0 Å². The summed E-state index contributed by atoms with van der Waals surface area (Å²) in [6, 6.07) is 0. The van der Waals surface area contributed by atoms with Crippen LogP contribution in [0.15, 0.2) is 23.1 Å². The monoisotopic (exact) mass is 191 g/mol. The van der Waals surface area contributed by atoms with Crippen molar-refractivity contribution in [2.24, 2.45) is 0 Å². The minimum Gasteiger partial charge on any atom is -0.441 e. The summed E-state index contributed by atoms with van der Waals surface area (Å²) in [5.74, 6) is 1.59. The molecule has 0 radical (unpaired) electrons. The van der Waals surface area contributed by atoms with E-state index in [4.69, 9.17) is 4.42 Å². The van der Waals surface area contributed by atoms with Gasteiger partial charge >= 0.3 is 0 Å². The highest BCUT2D eigenvalue weighted by molar-refractivity contribution is 5.47. The van der Waals surface area contributed by atoms with E-state index >= 15 is 0 Å². The van der Waals surface area contributed by atoms with Gasteiger partial charge in [0.05, 0.1) is 5.69 Å². The Kier molecular flexibility index (Phi) is 2.94. The number of aromatic nitrogens is 1. The van der Waals surface area contributed by atoms with E-state index in [-0.39, 0.29) is 5.41 Å². The fourth-order valence-electron chi connectivity index (χ4n) is 1.04. The summed E-state index contributed by atoms with van der Waals surface area (Å²) >= 11 is 0. The first kappa shape index (κ1) is 10.8. The van der Waals surface area contributed by atoms with Crippen LogP contribution in [-0.4, -0.2) is 4.98 Å². The van der Waals surface area contributed by atoms with Gasteiger partial charge in [-0.05, 0) is 13.0 Å². The van der Waals surface area contributed by atoms with E-state index in [2.05, 4.69) is 32.3 Å². The maximum atomic E-state index is 5.64. The molecule has 76 valence electrons. The van der Waals surface area contributed by atoms with Gasteiger partial charge in [-0.15, -0.1) is 0 Å². The molecule has 14 heavy (non-hydrogen) atoms. The summed E-state index contributed by atoms with van der Waals surface area (Å²) in [4.78, 5) is 4.38. The molecular formula is C12H17NO. The second kappa shape index (κ2) is 3.82. The number of nitrogens with zero attached hydrogens (tertiary/aromatic N) is 1. The van der Waals surface area contributed by atoms with Crippen LogP contribution in [0.25, 0.3) is 6.08 Å². The lowest BCUT2D eigenvalue weighted by molar-refractivity contribution is 0.389. The number of oxazole rings is 1. The van der Waals surface area contributed by atoms with Crippen LogP contribution in [0.2, 0.25) is 0 Å². The lowest BCUT2D eigenvalue weighted by Crippen LogP contribution is -2.11. The Morgan fingerprint density at radius 2 is 2.00 bits per heavy atom. The first-order valence-corrected chi connectivity index (χ1v) is 4.72. The van der Waals surface area contributed by atoms with E-state index in [0.717, 1.165) is 17.3 Å². The smallest absolute Gasteiger partial charge is 0.200 e. The predicted octanol–water partition coefficient (Wildman–Crippen LogP) is 3.48. The molecule has 1 rings (SSSR count). The van der Waals surface area contributed by atoms with E-state index in [1.165, 1.54) is 0 Å². The van der Waals surface area contributed by atoms with Crippen LogP contribution >= 0.6 is 0 Å². The van der Waals surface area contributed by atoms with Crippen LogP contribution in [0.1, 0.15) is 38.1 Å². The maximum absolute atomic E-state index is 5.64. The minimum atomic E-state index is -0.0367. The van der Waals surface area contributed by atoms with Gasteiger partial charge in [-0.1, -0.05) is 39.5 Å². The third-order valence-corrected chi connectivity index (χ3v) is 1.86. The molecule has 2 heteroatoms. The van der Waals surface area contributed by atoms with Gasteiger partial charge in [0, 0.05) is 5.41 Å². The van der Waals surface area contributed by atoms with Gasteiger partial charge in [0.2, 0.25) is 5.89 Å². The van der Waals surface area contributed by atoms with Gasteiger partial charge in [0.25, 0.3) is 0 Å². The first-order valence-electron chi connectivity index (χ1n) is 4.72. The third kappa shape index (κ3) is 2.34. The normalized spacial score (nSPS) is 12.3. The first-order chi connectivity index (χ1) is 6.45. The van der Waals surface area contributed by atoms with Gasteiger partial charge in [-0.2, -0.15) is 0 Å². The Balaban J connectivity index is 3.05.